The zero-order valence-corrected chi connectivity index (χ0v) is 11.0. The van der Waals surface area contributed by atoms with Crippen LogP contribution in [0.15, 0.2) is 0 Å². The first-order valence-electron chi connectivity index (χ1n) is 4.60. The second-order valence-electron chi connectivity index (χ2n) is 3.49. The van der Waals surface area contributed by atoms with Gasteiger partial charge in [-0.15, -0.1) is 24.8 Å². The van der Waals surface area contributed by atoms with Gasteiger partial charge >= 0.3 is 12.1 Å². The molecular formula is C8H17Cl2N3O4. The van der Waals surface area contributed by atoms with Gasteiger partial charge in [-0.05, 0) is 12.8 Å². The molecule has 17 heavy (non-hydrogen) atoms. The maximum atomic E-state index is 11.5. The first-order valence-corrected chi connectivity index (χ1v) is 4.60. The summed E-state index contributed by atoms with van der Waals surface area (Å²) >= 11 is 0. The molecule has 0 radical (unpaired) electrons. The molecule has 0 atom stereocenters. The summed E-state index contributed by atoms with van der Waals surface area (Å²) in [5.41, 5.74) is 1.49. The molecule has 0 aromatic carbocycles. The number of carboxylic acid groups (broad SMARTS) is 1. The molecule has 0 bridgehead atoms. The van der Waals surface area contributed by atoms with E-state index in [1.54, 1.807) is 0 Å². The quantitative estimate of drug-likeness (QED) is 0.375. The number of piperidine rings is 1. The van der Waals surface area contributed by atoms with E-state index in [-0.39, 0.29) is 37.9 Å². The summed E-state index contributed by atoms with van der Waals surface area (Å²) in [7, 11) is 1.28. The zero-order valence-electron chi connectivity index (χ0n) is 9.34. The Morgan fingerprint density at radius 2 is 1.82 bits per heavy atom. The number of carbonyl (C=O) groups excluding carboxylic acids is 1. The third kappa shape index (κ3) is 3.88. The highest BCUT2D eigenvalue weighted by Crippen LogP contribution is 2.22. The van der Waals surface area contributed by atoms with Gasteiger partial charge in [0.1, 0.15) is 5.54 Å². The van der Waals surface area contributed by atoms with Crippen molar-refractivity contribution in [3.05, 3.63) is 0 Å². The number of likely N-dealkylation sites (tertiary alicyclic amines) is 1. The summed E-state index contributed by atoms with van der Waals surface area (Å²) in [4.78, 5) is 23.4. The molecule has 1 rings (SSSR count). The Balaban J connectivity index is 0. The Morgan fingerprint density at radius 3 is 2.12 bits per heavy atom. The third-order valence-corrected chi connectivity index (χ3v) is 2.74. The molecule has 7 nitrogen and oxygen atoms in total. The number of halogens is 2. The van der Waals surface area contributed by atoms with Gasteiger partial charge in [-0.3, -0.25) is 10.6 Å². The van der Waals surface area contributed by atoms with E-state index >= 15 is 0 Å². The first kappa shape index (κ1) is 18.6. The largest absolute Gasteiger partial charge is 0.468 e. The first-order chi connectivity index (χ1) is 7.05. The number of hydrogen-bond acceptors (Lipinski definition) is 5. The van der Waals surface area contributed by atoms with Gasteiger partial charge in [0.15, 0.2) is 0 Å². The Hall–Kier alpha value is -0.760. The number of methoxy groups -OCH3 is 1. The van der Waals surface area contributed by atoms with Gasteiger partial charge in [0.2, 0.25) is 0 Å². The summed E-state index contributed by atoms with van der Waals surface area (Å²) in [6, 6.07) is 0. The summed E-state index contributed by atoms with van der Waals surface area (Å²) in [5, 5.41) is 8.74. The van der Waals surface area contributed by atoms with E-state index < -0.39 is 17.6 Å². The average molecular weight is 290 g/mol. The van der Waals surface area contributed by atoms with Crippen molar-refractivity contribution in [1.82, 2.24) is 10.3 Å². The number of esters is 1. The maximum Gasteiger partial charge on any atom is 0.407 e. The van der Waals surface area contributed by atoms with Crippen molar-refractivity contribution in [3.8, 4) is 0 Å². The van der Waals surface area contributed by atoms with Gasteiger partial charge in [0.05, 0.1) is 7.11 Å². The Kier molecular flexibility index (Phi) is 8.25. The van der Waals surface area contributed by atoms with Crippen molar-refractivity contribution in [3.63, 3.8) is 0 Å². The van der Waals surface area contributed by atoms with Crippen LogP contribution in [0.2, 0.25) is 0 Å². The summed E-state index contributed by atoms with van der Waals surface area (Å²) in [6.07, 6.45) is -0.337. The lowest BCUT2D eigenvalue weighted by atomic mass is 9.88. The number of ether oxygens (including phenoxy) is 1. The van der Waals surface area contributed by atoms with Crippen LogP contribution in [-0.2, 0) is 9.53 Å². The van der Waals surface area contributed by atoms with Crippen LogP contribution in [0.5, 0.6) is 0 Å². The van der Waals surface area contributed by atoms with Crippen LogP contribution in [0.4, 0.5) is 4.79 Å². The average Bonchev–Trinajstić information content (AvgIpc) is 2.27. The van der Waals surface area contributed by atoms with Crippen molar-refractivity contribution in [2.24, 2.45) is 5.84 Å². The number of carbonyl (C=O) groups is 2. The predicted molar refractivity (Wildman–Crippen MR) is 65.4 cm³/mol. The minimum Gasteiger partial charge on any atom is -0.468 e. The predicted octanol–water partition coefficient (Wildman–Crippen LogP) is -0.0211. The molecule has 0 spiro atoms. The number of amides is 1. The second kappa shape index (κ2) is 7.54. The lowest BCUT2D eigenvalue weighted by Crippen LogP contribution is -2.61. The second-order valence-corrected chi connectivity index (χ2v) is 3.49. The number of rotatable bonds is 2. The van der Waals surface area contributed by atoms with Crippen LogP contribution < -0.4 is 11.3 Å². The monoisotopic (exact) mass is 289 g/mol. The highest BCUT2D eigenvalue weighted by atomic mass is 35.5. The molecule has 0 saturated carbocycles. The maximum absolute atomic E-state index is 11.5. The van der Waals surface area contributed by atoms with Gasteiger partial charge in [-0.1, -0.05) is 0 Å². The fourth-order valence-corrected chi connectivity index (χ4v) is 1.68. The van der Waals surface area contributed by atoms with Gasteiger partial charge in [0.25, 0.3) is 0 Å². The molecule has 1 fully saturated rings. The molecule has 0 aromatic heterocycles. The van der Waals surface area contributed by atoms with Crippen molar-refractivity contribution < 1.29 is 19.4 Å². The van der Waals surface area contributed by atoms with Crippen LogP contribution in [-0.4, -0.2) is 47.8 Å². The fourth-order valence-electron chi connectivity index (χ4n) is 1.68. The zero-order chi connectivity index (χ0) is 11.5. The van der Waals surface area contributed by atoms with Crippen LogP contribution in [0.25, 0.3) is 0 Å². The Morgan fingerprint density at radius 1 is 1.35 bits per heavy atom. The summed E-state index contributed by atoms with van der Waals surface area (Å²) in [6.45, 7) is 0.545. The number of hydrazine groups is 1. The summed E-state index contributed by atoms with van der Waals surface area (Å²) < 4.78 is 4.63. The van der Waals surface area contributed by atoms with E-state index in [1.165, 1.54) is 12.0 Å². The standard InChI is InChI=1S/C8H15N3O4.2ClH/c1-15-6(12)8(10-9)2-4-11(5-3-8)7(13)14;;/h10H,2-5,9H2,1H3,(H,13,14);2*1H. The Bertz CT molecular complexity index is 269. The third-order valence-electron chi connectivity index (χ3n) is 2.74. The number of nitrogens with zero attached hydrogens (tertiary/aromatic N) is 1. The molecule has 4 N–H and O–H groups in total. The highest BCUT2D eigenvalue weighted by molar-refractivity contribution is 5.85. The molecule has 0 unspecified atom stereocenters. The topological polar surface area (TPSA) is 105 Å². The van der Waals surface area contributed by atoms with Crippen molar-refractivity contribution in [1.29, 1.82) is 0 Å². The van der Waals surface area contributed by atoms with Crippen LogP contribution >= 0.6 is 24.8 Å². The molecule has 102 valence electrons. The van der Waals surface area contributed by atoms with E-state index in [0.29, 0.717) is 12.8 Å². The van der Waals surface area contributed by atoms with Gasteiger partial charge in [-0.2, -0.15) is 0 Å². The molecule has 9 heteroatoms. The van der Waals surface area contributed by atoms with E-state index in [1.807, 2.05) is 0 Å². The lowest BCUT2D eigenvalue weighted by Gasteiger charge is -2.37. The van der Waals surface area contributed by atoms with Crippen molar-refractivity contribution in [2.45, 2.75) is 18.4 Å². The summed E-state index contributed by atoms with van der Waals surface area (Å²) in [5.74, 6) is 4.87. The number of hydrogen-bond donors (Lipinski definition) is 3. The Labute approximate surface area is 111 Å². The SMILES string of the molecule is COC(=O)C1(NN)CCN(C(=O)O)CC1.Cl.Cl. The highest BCUT2D eigenvalue weighted by Gasteiger charge is 2.42. The normalized spacial score (nSPS) is 17.4. The lowest BCUT2D eigenvalue weighted by molar-refractivity contribution is -0.150. The molecule has 1 amide bonds. The fraction of sp³-hybridized carbons (Fsp3) is 0.750. The van der Waals surface area contributed by atoms with Crippen LogP contribution in [0.3, 0.4) is 0 Å². The van der Waals surface area contributed by atoms with E-state index in [4.69, 9.17) is 10.9 Å². The molecule has 1 saturated heterocycles. The molecule has 1 aliphatic rings. The smallest absolute Gasteiger partial charge is 0.407 e. The minimum absolute atomic E-state index is 0. The molecular weight excluding hydrogens is 273 g/mol. The minimum atomic E-state index is -0.981. The number of nitrogens with one attached hydrogen (secondary N) is 1. The van der Waals surface area contributed by atoms with Gasteiger partial charge in [0, 0.05) is 13.1 Å². The van der Waals surface area contributed by atoms with Crippen LogP contribution in [0.1, 0.15) is 12.8 Å². The van der Waals surface area contributed by atoms with Crippen LogP contribution in [0, 0.1) is 0 Å². The molecule has 1 heterocycles. The molecule has 1 aliphatic heterocycles. The number of nitrogens with two attached hydrogens (primary N) is 1. The van der Waals surface area contributed by atoms with Crippen molar-refractivity contribution in [2.75, 3.05) is 20.2 Å². The van der Waals surface area contributed by atoms with Gasteiger partial charge in [-0.25, -0.2) is 10.2 Å². The van der Waals surface area contributed by atoms with Gasteiger partial charge < -0.3 is 14.7 Å². The van der Waals surface area contributed by atoms with E-state index in [2.05, 4.69) is 10.2 Å². The molecule has 0 aliphatic carbocycles. The van der Waals surface area contributed by atoms with E-state index in [9.17, 15) is 9.59 Å². The van der Waals surface area contributed by atoms with E-state index in [0.717, 1.165) is 0 Å². The molecule has 0 aromatic rings. The van der Waals surface area contributed by atoms with Crippen molar-refractivity contribution >= 4 is 36.9 Å².